The molecule has 1 aliphatic rings. The minimum atomic E-state index is -0.00984. The van der Waals surface area contributed by atoms with Crippen molar-refractivity contribution in [3.8, 4) is 16.9 Å². The smallest absolute Gasteiger partial charge is 0.251 e. The number of likely N-dealkylation sites (tertiary alicyclic amines) is 1. The van der Waals surface area contributed by atoms with Crippen molar-refractivity contribution in [2.45, 2.75) is 12.8 Å². The highest BCUT2D eigenvalue weighted by molar-refractivity contribution is 5.95. The molecule has 28 heavy (non-hydrogen) atoms. The molecule has 3 rings (SSSR count). The average molecular weight is 383 g/mol. The monoisotopic (exact) mass is 382 g/mol. The average Bonchev–Trinajstić information content (AvgIpc) is 2.76. The summed E-state index contributed by atoms with van der Waals surface area (Å²) in [5.41, 5.74) is 2.79. The van der Waals surface area contributed by atoms with Crippen LogP contribution in [0.3, 0.4) is 0 Å². The summed E-state index contributed by atoms with van der Waals surface area (Å²) >= 11 is 0. The molecule has 2 aromatic rings. The van der Waals surface area contributed by atoms with Crippen molar-refractivity contribution in [2.75, 3.05) is 47.0 Å². The molecule has 0 aromatic heterocycles. The Balaban J connectivity index is 1.57. The minimum absolute atomic E-state index is 0.00984. The van der Waals surface area contributed by atoms with Gasteiger partial charge < -0.3 is 19.7 Å². The van der Waals surface area contributed by atoms with Crippen LogP contribution in [0, 0.1) is 5.92 Å². The van der Waals surface area contributed by atoms with Crippen LogP contribution in [0.1, 0.15) is 23.2 Å². The SMILES string of the molecule is COCCN1CCC[C@H](CNC(=O)c2cccc(-c3ccc(OC)cc3)c2)C1. The summed E-state index contributed by atoms with van der Waals surface area (Å²) in [5.74, 6) is 1.31. The number of hydrogen-bond donors (Lipinski definition) is 1. The molecule has 1 amide bonds. The fourth-order valence-electron chi connectivity index (χ4n) is 3.70. The van der Waals surface area contributed by atoms with Crippen molar-refractivity contribution in [3.05, 3.63) is 54.1 Å². The van der Waals surface area contributed by atoms with Crippen LogP contribution in [-0.2, 0) is 4.74 Å². The van der Waals surface area contributed by atoms with Crippen LogP contribution >= 0.6 is 0 Å². The lowest BCUT2D eigenvalue weighted by Gasteiger charge is -2.32. The molecule has 1 aliphatic heterocycles. The van der Waals surface area contributed by atoms with Gasteiger partial charge in [0.1, 0.15) is 5.75 Å². The molecule has 0 saturated carbocycles. The molecule has 0 unspecified atom stereocenters. The number of benzene rings is 2. The molecule has 0 bridgehead atoms. The number of nitrogens with one attached hydrogen (secondary N) is 1. The van der Waals surface area contributed by atoms with Crippen molar-refractivity contribution in [1.29, 1.82) is 0 Å². The highest BCUT2D eigenvalue weighted by Crippen LogP contribution is 2.23. The second kappa shape index (κ2) is 10.2. The van der Waals surface area contributed by atoms with Gasteiger partial charge in [-0.3, -0.25) is 4.79 Å². The number of carbonyl (C=O) groups is 1. The highest BCUT2D eigenvalue weighted by Gasteiger charge is 2.20. The third kappa shape index (κ3) is 5.57. The quantitative estimate of drug-likeness (QED) is 0.760. The summed E-state index contributed by atoms with van der Waals surface area (Å²) in [5, 5.41) is 3.13. The number of nitrogens with zero attached hydrogens (tertiary/aromatic N) is 1. The number of hydrogen-bond acceptors (Lipinski definition) is 4. The van der Waals surface area contributed by atoms with E-state index in [1.807, 2.05) is 48.5 Å². The number of ether oxygens (including phenoxy) is 2. The summed E-state index contributed by atoms with van der Waals surface area (Å²) in [7, 11) is 3.39. The number of rotatable bonds is 8. The van der Waals surface area contributed by atoms with Crippen molar-refractivity contribution in [3.63, 3.8) is 0 Å². The summed E-state index contributed by atoms with van der Waals surface area (Å²) in [6.45, 7) is 4.59. The summed E-state index contributed by atoms with van der Waals surface area (Å²) < 4.78 is 10.4. The van der Waals surface area contributed by atoms with Crippen LogP contribution in [0.4, 0.5) is 0 Å². The number of amides is 1. The van der Waals surface area contributed by atoms with Crippen molar-refractivity contribution in [2.24, 2.45) is 5.92 Å². The van der Waals surface area contributed by atoms with Gasteiger partial charge in [-0.05, 0) is 60.7 Å². The van der Waals surface area contributed by atoms with E-state index >= 15 is 0 Å². The first-order valence-corrected chi connectivity index (χ1v) is 9.93. The maximum atomic E-state index is 12.7. The predicted molar refractivity (Wildman–Crippen MR) is 112 cm³/mol. The Bertz CT molecular complexity index is 761. The number of piperidine rings is 1. The fraction of sp³-hybridized carbons (Fsp3) is 0.435. The molecule has 1 N–H and O–H groups in total. The van der Waals surface area contributed by atoms with Gasteiger partial charge in [-0.2, -0.15) is 0 Å². The van der Waals surface area contributed by atoms with Gasteiger partial charge in [0, 0.05) is 32.3 Å². The van der Waals surface area contributed by atoms with E-state index in [4.69, 9.17) is 9.47 Å². The van der Waals surface area contributed by atoms with E-state index in [1.54, 1.807) is 14.2 Å². The lowest BCUT2D eigenvalue weighted by atomic mass is 9.97. The van der Waals surface area contributed by atoms with E-state index in [0.717, 1.165) is 56.1 Å². The second-order valence-electron chi connectivity index (χ2n) is 7.32. The molecule has 2 aromatic carbocycles. The minimum Gasteiger partial charge on any atom is -0.497 e. The Morgan fingerprint density at radius 3 is 2.71 bits per heavy atom. The van der Waals surface area contributed by atoms with Crippen LogP contribution < -0.4 is 10.1 Å². The van der Waals surface area contributed by atoms with Crippen molar-refractivity contribution >= 4 is 5.91 Å². The first kappa shape index (κ1) is 20.4. The molecule has 1 heterocycles. The lowest BCUT2D eigenvalue weighted by molar-refractivity contribution is 0.0913. The standard InChI is InChI=1S/C23H30N2O3/c1-27-14-13-25-12-4-5-18(17-25)16-24-23(26)21-7-3-6-20(15-21)19-8-10-22(28-2)11-9-19/h3,6-11,15,18H,4-5,12-14,16-17H2,1-2H3,(H,24,26)/t18-/m1/s1. The van der Waals surface area contributed by atoms with E-state index in [0.29, 0.717) is 11.5 Å². The van der Waals surface area contributed by atoms with E-state index in [-0.39, 0.29) is 5.91 Å². The fourth-order valence-corrected chi connectivity index (χ4v) is 3.70. The Kier molecular flexibility index (Phi) is 7.46. The van der Waals surface area contributed by atoms with Gasteiger partial charge in [0.05, 0.1) is 13.7 Å². The van der Waals surface area contributed by atoms with E-state index in [2.05, 4.69) is 10.2 Å². The van der Waals surface area contributed by atoms with Crippen LogP contribution in [0.5, 0.6) is 5.75 Å². The first-order chi connectivity index (χ1) is 13.7. The Hall–Kier alpha value is -2.37. The second-order valence-corrected chi connectivity index (χ2v) is 7.32. The Morgan fingerprint density at radius 1 is 1.14 bits per heavy atom. The van der Waals surface area contributed by atoms with Crippen LogP contribution in [0.15, 0.2) is 48.5 Å². The van der Waals surface area contributed by atoms with Gasteiger partial charge in [0.2, 0.25) is 0 Å². The molecule has 1 atom stereocenters. The maximum Gasteiger partial charge on any atom is 0.251 e. The molecule has 5 nitrogen and oxygen atoms in total. The molecule has 0 spiro atoms. The zero-order valence-electron chi connectivity index (χ0n) is 16.8. The molecular formula is C23H30N2O3. The van der Waals surface area contributed by atoms with Crippen molar-refractivity contribution < 1.29 is 14.3 Å². The molecule has 0 radical (unpaired) electrons. The molecule has 150 valence electrons. The zero-order valence-corrected chi connectivity index (χ0v) is 16.8. The number of methoxy groups -OCH3 is 2. The highest BCUT2D eigenvalue weighted by atomic mass is 16.5. The van der Waals surface area contributed by atoms with Gasteiger partial charge in [-0.15, -0.1) is 0 Å². The van der Waals surface area contributed by atoms with Gasteiger partial charge in [-0.25, -0.2) is 0 Å². The largest absolute Gasteiger partial charge is 0.497 e. The van der Waals surface area contributed by atoms with Gasteiger partial charge in [0.25, 0.3) is 5.91 Å². The van der Waals surface area contributed by atoms with Crippen LogP contribution in [-0.4, -0.2) is 57.8 Å². The summed E-state index contributed by atoms with van der Waals surface area (Å²) in [6, 6.07) is 15.6. The van der Waals surface area contributed by atoms with Crippen LogP contribution in [0.25, 0.3) is 11.1 Å². The van der Waals surface area contributed by atoms with Gasteiger partial charge >= 0.3 is 0 Å². The Labute approximate surface area is 167 Å². The molecule has 1 fully saturated rings. The molecule has 1 saturated heterocycles. The molecule has 0 aliphatic carbocycles. The summed E-state index contributed by atoms with van der Waals surface area (Å²) in [6.07, 6.45) is 2.34. The third-order valence-electron chi connectivity index (χ3n) is 5.31. The molecule has 5 heteroatoms. The van der Waals surface area contributed by atoms with E-state index in [9.17, 15) is 4.79 Å². The third-order valence-corrected chi connectivity index (χ3v) is 5.31. The molecular weight excluding hydrogens is 352 g/mol. The number of carbonyl (C=O) groups excluding carboxylic acids is 1. The summed E-state index contributed by atoms with van der Waals surface area (Å²) in [4.78, 5) is 15.1. The zero-order chi connectivity index (χ0) is 19.8. The maximum absolute atomic E-state index is 12.7. The Morgan fingerprint density at radius 2 is 1.96 bits per heavy atom. The lowest BCUT2D eigenvalue weighted by Crippen LogP contribution is -2.42. The predicted octanol–water partition coefficient (Wildman–Crippen LogP) is 3.45. The van der Waals surface area contributed by atoms with Crippen LogP contribution in [0.2, 0.25) is 0 Å². The van der Waals surface area contributed by atoms with Crippen molar-refractivity contribution in [1.82, 2.24) is 10.2 Å². The topological polar surface area (TPSA) is 50.8 Å². The normalized spacial score (nSPS) is 17.3. The van der Waals surface area contributed by atoms with Gasteiger partial charge in [0.15, 0.2) is 0 Å². The van der Waals surface area contributed by atoms with E-state index in [1.165, 1.54) is 6.42 Å². The first-order valence-electron chi connectivity index (χ1n) is 9.93. The van der Waals surface area contributed by atoms with Gasteiger partial charge in [-0.1, -0.05) is 24.3 Å². The van der Waals surface area contributed by atoms with E-state index < -0.39 is 0 Å².